The van der Waals surface area contributed by atoms with Crippen LogP contribution in [0.1, 0.15) is 23.7 Å². The van der Waals surface area contributed by atoms with Crippen LogP contribution in [0, 0.1) is 5.92 Å². The van der Waals surface area contributed by atoms with E-state index in [0.29, 0.717) is 5.56 Å². The molecule has 0 aliphatic carbocycles. The Morgan fingerprint density at radius 3 is 2.36 bits per heavy atom. The lowest BCUT2D eigenvalue weighted by atomic mass is 9.97. The molecule has 3 heteroatoms. The Bertz CT molecular complexity index is 330. The van der Waals surface area contributed by atoms with Crippen molar-refractivity contribution in [2.45, 2.75) is 13.3 Å². The largest absolute Gasteiger partial charge is 0.481 e. The minimum atomic E-state index is -0.943. The zero-order chi connectivity index (χ0) is 10.6. The van der Waals surface area contributed by atoms with Gasteiger partial charge in [-0.2, -0.15) is 0 Å². The van der Waals surface area contributed by atoms with Gasteiger partial charge in [-0.25, -0.2) is 0 Å². The van der Waals surface area contributed by atoms with E-state index in [1.807, 2.05) is 6.07 Å². The van der Waals surface area contributed by atoms with Gasteiger partial charge < -0.3 is 5.11 Å². The highest BCUT2D eigenvalue weighted by atomic mass is 16.4. The Kier molecular flexibility index (Phi) is 3.40. The Balaban J connectivity index is 2.71. The Morgan fingerprint density at radius 2 is 1.86 bits per heavy atom. The number of hydrogen-bond donors (Lipinski definition) is 1. The van der Waals surface area contributed by atoms with Gasteiger partial charge >= 0.3 is 5.97 Å². The number of aliphatic carboxylic acids is 1. The highest BCUT2D eigenvalue weighted by molar-refractivity contribution is 5.99. The third kappa shape index (κ3) is 2.69. The lowest BCUT2D eigenvalue weighted by Gasteiger charge is -2.06. The lowest BCUT2D eigenvalue weighted by molar-refractivity contribution is -0.137. The number of carboxylic acid groups (broad SMARTS) is 1. The van der Waals surface area contributed by atoms with Gasteiger partial charge in [0.1, 0.15) is 0 Å². The van der Waals surface area contributed by atoms with Crippen molar-refractivity contribution in [3.8, 4) is 0 Å². The Labute approximate surface area is 82.4 Å². The van der Waals surface area contributed by atoms with Gasteiger partial charge in [-0.05, 0) is 0 Å². The number of rotatable bonds is 4. The summed E-state index contributed by atoms with van der Waals surface area (Å²) in [5.41, 5.74) is 0.571. The summed E-state index contributed by atoms with van der Waals surface area (Å²) in [5, 5.41) is 8.53. The average molecular weight is 192 g/mol. The molecule has 0 aromatic heterocycles. The molecule has 0 spiro atoms. The van der Waals surface area contributed by atoms with Crippen LogP contribution < -0.4 is 0 Å². The number of Topliss-reactive ketones (excluding diaryl/α,β-unsaturated/α-hetero) is 1. The van der Waals surface area contributed by atoms with Gasteiger partial charge in [0, 0.05) is 11.5 Å². The molecule has 1 N–H and O–H groups in total. The SMILES string of the molecule is CC(CC(=O)O)C(=O)c1ccccc1. The highest BCUT2D eigenvalue weighted by Gasteiger charge is 2.17. The van der Waals surface area contributed by atoms with Crippen LogP contribution in [0.5, 0.6) is 0 Å². The molecule has 0 aliphatic heterocycles. The minimum Gasteiger partial charge on any atom is -0.481 e. The fourth-order valence-electron chi connectivity index (χ4n) is 1.24. The first-order chi connectivity index (χ1) is 6.61. The van der Waals surface area contributed by atoms with Gasteiger partial charge in [-0.15, -0.1) is 0 Å². The average Bonchev–Trinajstić information content (AvgIpc) is 2.17. The van der Waals surface area contributed by atoms with Crippen LogP contribution in [0.15, 0.2) is 30.3 Å². The van der Waals surface area contributed by atoms with Crippen molar-refractivity contribution >= 4 is 11.8 Å². The zero-order valence-corrected chi connectivity index (χ0v) is 7.93. The van der Waals surface area contributed by atoms with Gasteiger partial charge in [0.25, 0.3) is 0 Å². The van der Waals surface area contributed by atoms with Crippen LogP contribution in [0.2, 0.25) is 0 Å². The number of carboxylic acids is 1. The molecule has 0 bridgehead atoms. The second kappa shape index (κ2) is 4.56. The molecule has 1 rings (SSSR count). The van der Waals surface area contributed by atoms with Gasteiger partial charge in [0.05, 0.1) is 6.42 Å². The smallest absolute Gasteiger partial charge is 0.304 e. The predicted octanol–water partition coefficient (Wildman–Crippen LogP) is 1.98. The van der Waals surface area contributed by atoms with Crippen molar-refractivity contribution < 1.29 is 14.7 Å². The number of hydrogen-bond acceptors (Lipinski definition) is 2. The number of carbonyl (C=O) groups excluding carboxylic acids is 1. The summed E-state index contributed by atoms with van der Waals surface area (Å²) in [5.74, 6) is -1.52. The fraction of sp³-hybridized carbons (Fsp3) is 0.273. The van der Waals surface area contributed by atoms with Gasteiger partial charge in [0.15, 0.2) is 5.78 Å². The van der Waals surface area contributed by atoms with Crippen LogP contribution >= 0.6 is 0 Å². The van der Waals surface area contributed by atoms with E-state index in [9.17, 15) is 9.59 Å². The highest BCUT2D eigenvalue weighted by Crippen LogP contribution is 2.11. The molecule has 14 heavy (non-hydrogen) atoms. The molecular weight excluding hydrogens is 180 g/mol. The molecule has 0 radical (unpaired) electrons. The van der Waals surface area contributed by atoms with Crippen molar-refractivity contribution in [3.63, 3.8) is 0 Å². The van der Waals surface area contributed by atoms with E-state index in [0.717, 1.165) is 0 Å². The maximum atomic E-state index is 11.6. The van der Waals surface area contributed by atoms with E-state index < -0.39 is 11.9 Å². The monoisotopic (exact) mass is 192 g/mol. The van der Waals surface area contributed by atoms with Crippen molar-refractivity contribution in [2.75, 3.05) is 0 Å². The quantitative estimate of drug-likeness (QED) is 0.742. The first kappa shape index (κ1) is 10.4. The third-order valence-corrected chi connectivity index (χ3v) is 1.99. The van der Waals surface area contributed by atoms with Crippen molar-refractivity contribution in [2.24, 2.45) is 5.92 Å². The molecule has 1 atom stereocenters. The summed E-state index contributed by atoms with van der Waals surface area (Å²) in [7, 11) is 0. The topological polar surface area (TPSA) is 54.4 Å². The van der Waals surface area contributed by atoms with Crippen molar-refractivity contribution in [1.29, 1.82) is 0 Å². The molecule has 0 saturated heterocycles. The second-order valence-corrected chi connectivity index (χ2v) is 3.23. The van der Waals surface area contributed by atoms with E-state index in [1.165, 1.54) is 0 Å². The molecule has 0 fully saturated rings. The fourth-order valence-corrected chi connectivity index (χ4v) is 1.24. The van der Waals surface area contributed by atoms with Gasteiger partial charge in [0.2, 0.25) is 0 Å². The maximum Gasteiger partial charge on any atom is 0.304 e. The molecule has 0 aliphatic rings. The minimum absolute atomic E-state index is 0.117. The molecule has 0 saturated carbocycles. The van der Waals surface area contributed by atoms with Crippen LogP contribution in [0.4, 0.5) is 0 Å². The molecule has 1 aromatic rings. The summed E-state index contributed by atoms with van der Waals surface area (Å²) in [4.78, 5) is 22.0. The van der Waals surface area contributed by atoms with E-state index in [2.05, 4.69) is 0 Å². The summed E-state index contributed by atoms with van der Waals surface area (Å²) < 4.78 is 0. The Hall–Kier alpha value is -1.64. The normalized spacial score (nSPS) is 12.1. The zero-order valence-electron chi connectivity index (χ0n) is 7.93. The molecule has 0 amide bonds. The number of benzene rings is 1. The first-order valence-electron chi connectivity index (χ1n) is 4.42. The summed E-state index contributed by atoms with van der Waals surface area (Å²) in [6.07, 6.45) is -0.117. The molecule has 3 nitrogen and oxygen atoms in total. The van der Waals surface area contributed by atoms with Gasteiger partial charge in [-0.1, -0.05) is 37.3 Å². The molecule has 1 aromatic carbocycles. The molecular formula is C11H12O3. The summed E-state index contributed by atoms with van der Waals surface area (Å²) in [6, 6.07) is 8.74. The maximum absolute atomic E-state index is 11.6. The Morgan fingerprint density at radius 1 is 1.29 bits per heavy atom. The van der Waals surface area contributed by atoms with Crippen LogP contribution in [0.3, 0.4) is 0 Å². The first-order valence-corrected chi connectivity index (χ1v) is 4.42. The second-order valence-electron chi connectivity index (χ2n) is 3.23. The molecule has 0 heterocycles. The van der Waals surface area contributed by atoms with E-state index in [4.69, 9.17) is 5.11 Å². The number of ketones is 1. The third-order valence-electron chi connectivity index (χ3n) is 1.99. The van der Waals surface area contributed by atoms with Crippen molar-refractivity contribution in [3.05, 3.63) is 35.9 Å². The van der Waals surface area contributed by atoms with Crippen molar-refractivity contribution in [1.82, 2.24) is 0 Å². The summed E-state index contributed by atoms with van der Waals surface area (Å²) >= 11 is 0. The standard InChI is InChI=1S/C11H12O3/c1-8(7-10(12)13)11(14)9-5-3-2-4-6-9/h2-6,8H,7H2,1H3,(H,12,13). The predicted molar refractivity (Wildman–Crippen MR) is 52.2 cm³/mol. The number of carbonyl (C=O) groups is 2. The van der Waals surface area contributed by atoms with Gasteiger partial charge in [-0.3, -0.25) is 9.59 Å². The van der Waals surface area contributed by atoms with Crippen LogP contribution in [0.25, 0.3) is 0 Å². The summed E-state index contributed by atoms with van der Waals surface area (Å²) in [6.45, 7) is 1.63. The van der Waals surface area contributed by atoms with E-state index in [1.54, 1.807) is 31.2 Å². The lowest BCUT2D eigenvalue weighted by Crippen LogP contribution is -2.15. The van der Waals surface area contributed by atoms with Crippen LogP contribution in [-0.4, -0.2) is 16.9 Å². The van der Waals surface area contributed by atoms with Crippen LogP contribution in [-0.2, 0) is 4.79 Å². The molecule has 1 unspecified atom stereocenters. The van der Waals surface area contributed by atoms with E-state index >= 15 is 0 Å². The molecule has 74 valence electrons. The van der Waals surface area contributed by atoms with E-state index in [-0.39, 0.29) is 12.2 Å².